The molecule has 2 unspecified atom stereocenters. The Morgan fingerprint density at radius 2 is 2.03 bits per heavy atom. The lowest BCUT2D eigenvalue weighted by Gasteiger charge is -2.27. The monoisotopic (exact) mass is 421 g/mol. The van der Waals surface area contributed by atoms with E-state index in [0.717, 1.165) is 18.4 Å². The van der Waals surface area contributed by atoms with E-state index < -0.39 is 6.04 Å². The summed E-state index contributed by atoms with van der Waals surface area (Å²) in [5.74, 6) is -0.00219. The molecule has 0 saturated carbocycles. The van der Waals surface area contributed by atoms with Crippen molar-refractivity contribution in [2.24, 2.45) is 0 Å². The molecule has 2 atom stereocenters. The van der Waals surface area contributed by atoms with E-state index in [1.807, 2.05) is 13.0 Å². The topological polar surface area (TPSA) is 89.2 Å². The van der Waals surface area contributed by atoms with Crippen LogP contribution in [0.5, 0.6) is 11.5 Å². The molecule has 5 rings (SSSR count). The molecule has 0 radical (unpaired) electrons. The van der Waals surface area contributed by atoms with Crippen LogP contribution in [0.2, 0.25) is 0 Å². The van der Waals surface area contributed by atoms with Gasteiger partial charge in [-0.05, 0) is 49.6 Å². The lowest BCUT2D eigenvalue weighted by Crippen LogP contribution is -2.36. The largest absolute Gasteiger partial charge is 0.504 e. The van der Waals surface area contributed by atoms with Gasteiger partial charge in [-0.15, -0.1) is 0 Å². The van der Waals surface area contributed by atoms with Crippen LogP contribution in [0, 0.1) is 6.92 Å². The third-order valence-corrected chi connectivity index (χ3v) is 6.07. The molecule has 0 spiro atoms. The summed E-state index contributed by atoms with van der Waals surface area (Å²) in [7, 11) is 1.46. The highest BCUT2D eigenvalue weighted by molar-refractivity contribution is 5.99. The standard InChI is InChI=1S/C24H23NO6/c1-13-5-8-18-16(10-13)22(27)20-21(14-6-7-17(26)19(11-14)29-2)25(24(28)23(20)31-18)12-15-4-3-9-30-15/h5-8,10-11,15,21,26H,3-4,9,12H2,1-2H3. The maximum absolute atomic E-state index is 13.6. The zero-order valence-electron chi connectivity index (χ0n) is 17.4. The lowest BCUT2D eigenvalue weighted by atomic mass is 9.97. The van der Waals surface area contributed by atoms with E-state index in [-0.39, 0.29) is 34.7 Å². The van der Waals surface area contributed by atoms with Gasteiger partial charge >= 0.3 is 0 Å². The zero-order chi connectivity index (χ0) is 21.7. The van der Waals surface area contributed by atoms with Crippen molar-refractivity contribution in [1.82, 2.24) is 4.90 Å². The Balaban J connectivity index is 1.72. The fourth-order valence-corrected chi connectivity index (χ4v) is 4.54. The summed E-state index contributed by atoms with van der Waals surface area (Å²) in [4.78, 5) is 28.6. The summed E-state index contributed by atoms with van der Waals surface area (Å²) >= 11 is 0. The Morgan fingerprint density at radius 1 is 1.19 bits per heavy atom. The molecular formula is C24H23NO6. The van der Waals surface area contributed by atoms with Gasteiger partial charge < -0.3 is 23.9 Å². The molecule has 7 heteroatoms. The molecule has 7 nitrogen and oxygen atoms in total. The predicted octanol–water partition coefficient (Wildman–Crippen LogP) is 3.54. The van der Waals surface area contributed by atoms with Crippen LogP contribution in [-0.4, -0.2) is 42.3 Å². The maximum Gasteiger partial charge on any atom is 0.291 e. The van der Waals surface area contributed by atoms with Gasteiger partial charge in [-0.2, -0.15) is 0 Å². The first-order valence-corrected chi connectivity index (χ1v) is 10.3. The average molecular weight is 421 g/mol. The Bertz CT molecular complexity index is 1240. The van der Waals surface area contributed by atoms with Gasteiger partial charge in [-0.1, -0.05) is 17.7 Å². The van der Waals surface area contributed by atoms with Gasteiger partial charge in [0, 0.05) is 13.2 Å². The van der Waals surface area contributed by atoms with Crippen molar-refractivity contribution in [1.29, 1.82) is 0 Å². The molecule has 3 heterocycles. The highest BCUT2D eigenvalue weighted by Crippen LogP contribution is 2.41. The average Bonchev–Trinajstić information content (AvgIpc) is 3.37. The number of benzene rings is 2. The summed E-state index contributed by atoms with van der Waals surface area (Å²) in [5.41, 5.74) is 2.08. The fraction of sp³-hybridized carbons (Fsp3) is 0.333. The lowest BCUT2D eigenvalue weighted by molar-refractivity contribution is 0.0486. The molecule has 2 aliphatic heterocycles. The highest BCUT2D eigenvalue weighted by atomic mass is 16.5. The van der Waals surface area contributed by atoms with Gasteiger partial charge in [0.1, 0.15) is 5.58 Å². The number of fused-ring (bicyclic) bond motifs is 2. The van der Waals surface area contributed by atoms with Crippen LogP contribution in [0.4, 0.5) is 0 Å². The van der Waals surface area contributed by atoms with Crippen LogP contribution >= 0.6 is 0 Å². The summed E-state index contributed by atoms with van der Waals surface area (Å²) in [6.45, 7) is 2.92. The number of amides is 1. The minimum Gasteiger partial charge on any atom is -0.504 e. The number of methoxy groups -OCH3 is 1. The SMILES string of the molecule is COc1cc(C2c3c(oc4ccc(C)cc4c3=O)C(=O)N2CC2CCCO2)ccc1O. The van der Waals surface area contributed by atoms with E-state index in [4.69, 9.17) is 13.9 Å². The van der Waals surface area contributed by atoms with Crippen LogP contribution in [0.3, 0.4) is 0 Å². The summed E-state index contributed by atoms with van der Waals surface area (Å²) < 4.78 is 17.0. The summed E-state index contributed by atoms with van der Waals surface area (Å²) in [6, 6.07) is 9.57. The summed E-state index contributed by atoms with van der Waals surface area (Å²) in [5, 5.41) is 10.5. The van der Waals surface area contributed by atoms with Crippen molar-refractivity contribution in [3.8, 4) is 11.5 Å². The van der Waals surface area contributed by atoms with Crippen LogP contribution in [0.25, 0.3) is 11.0 Å². The van der Waals surface area contributed by atoms with Gasteiger partial charge in [0.25, 0.3) is 5.91 Å². The second-order valence-electron chi connectivity index (χ2n) is 8.10. The van der Waals surface area contributed by atoms with E-state index in [0.29, 0.717) is 35.2 Å². The molecule has 3 aromatic rings. The number of rotatable bonds is 4. The molecule has 1 fully saturated rings. The van der Waals surface area contributed by atoms with Crippen molar-refractivity contribution >= 4 is 16.9 Å². The number of hydrogen-bond acceptors (Lipinski definition) is 6. The first-order chi connectivity index (χ1) is 15.0. The smallest absolute Gasteiger partial charge is 0.291 e. The van der Waals surface area contributed by atoms with Gasteiger partial charge in [0.2, 0.25) is 5.76 Å². The molecule has 160 valence electrons. The Morgan fingerprint density at radius 3 is 2.77 bits per heavy atom. The molecule has 2 aromatic carbocycles. The van der Waals surface area contributed by atoms with E-state index in [1.165, 1.54) is 13.2 Å². The number of nitrogens with zero attached hydrogens (tertiary/aromatic N) is 1. The molecule has 1 N–H and O–H groups in total. The van der Waals surface area contributed by atoms with Gasteiger partial charge in [0.05, 0.1) is 30.2 Å². The Hall–Kier alpha value is -3.32. The van der Waals surface area contributed by atoms with Crippen LogP contribution in [-0.2, 0) is 4.74 Å². The molecular weight excluding hydrogens is 398 g/mol. The van der Waals surface area contributed by atoms with E-state index in [1.54, 1.807) is 29.2 Å². The van der Waals surface area contributed by atoms with E-state index in [9.17, 15) is 14.7 Å². The molecule has 1 saturated heterocycles. The first-order valence-electron chi connectivity index (χ1n) is 10.3. The van der Waals surface area contributed by atoms with Crippen LogP contribution < -0.4 is 10.2 Å². The molecule has 0 aliphatic carbocycles. The molecule has 1 aromatic heterocycles. The van der Waals surface area contributed by atoms with Crippen LogP contribution in [0.15, 0.2) is 45.6 Å². The van der Waals surface area contributed by atoms with Crippen molar-refractivity contribution in [3.63, 3.8) is 0 Å². The number of hydrogen-bond donors (Lipinski definition) is 1. The third kappa shape index (κ3) is 3.16. The molecule has 1 amide bonds. The van der Waals surface area contributed by atoms with E-state index >= 15 is 0 Å². The molecule has 31 heavy (non-hydrogen) atoms. The number of carbonyl (C=O) groups excluding carboxylic acids is 1. The zero-order valence-corrected chi connectivity index (χ0v) is 17.4. The minimum atomic E-state index is -0.651. The fourth-order valence-electron chi connectivity index (χ4n) is 4.54. The second kappa shape index (κ2) is 7.42. The summed E-state index contributed by atoms with van der Waals surface area (Å²) in [6.07, 6.45) is 1.71. The van der Waals surface area contributed by atoms with E-state index in [2.05, 4.69) is 0 Å². The molecule has 2 aliphatic rings. The first kappa shape index (κ1) is 19.6. The minimum absolute atomic E-state index is 0.0114. The predicted molar refractivity (Wildman–Crippen MR) is 114 cm³/mol. The highest BCUT2D eigenvalue weighted by Gasteiger charge is 2.44. The number of phenolic OH excluding ortho intramolecular Hbond substituents is 1. The molecule has 0 bridgehead atoms. The maximum atomic E-state index is 13.6. The Kier molecular flexibility index (Phi) is 4.70. The van der Waals surface area contributed by atoms with Crippen molar-refractivity contribution in [2.75, 3.05) is 20.3 Å². The van der Waals surface area contributed by atoms with Crippen LogP contribution in [0.1, 0.15) is 46.1 Å². The normalized spacial score (nSPS) is 20.5. The number of aryl methyl sites for hydroxylation is 1. The number of aromatic hydroxyl groups is 1. The van der Waals surface area contributed by atoms with Gasteiger partial charge in [-0.25, -0.2) is 0 Å². The number of carbonyl (C=O) groups is 1. The second-order valence-corrected chi connectivity index (χ2v) is 8.10. The Labute approximate surface area is 178 Å². The third-order valence-electron chi connectivity index (χ3n) is 6.07. The number of phenols is 1. The van der Waals surface area contributed by atoms with Crippen molar-refractivity contribution in [2.45, 2.75) is 31.9 Å². The van der Waals surface area contributed by atoms with Crippen molar-refractivity contribution in [3.05, 3.63) is 69.1 Å². The number of ether oxygens (including phenoxy) is 2. The quantitative estimate of drug-likeness (QED) is 0.693. The van der Waals surface area contributed by atoms with Crippen molar-refractivity contribution < 1.29 is 23.8 Å². The van der Waals surface area contributed by atoms with Gasteiger partial charge in [0.15, 0.2) is 16.9 Å². The van der Waals surface area contributed by atoms with Gasteiger partial charge in [-0.3, -0.25) is 9.59 Å².